The lowest BCUT2D eigenvalue weighted by Crippen LogP contribution is -2.11. The third kappa shape index (κ3) is 3.21. The van der Waals surface area contributed by atoms with E-state index in [4.69, 9.17) is 5.10 Å². The Labute approximate surface area is 185 Å². The highest BCUT2D eigenvalue weighted by Crippen LogP contribution is 2.25. The summed E-state index contributed by atoms with van der Waals surface area (Å²) in [5.74, 6) is 0.536. The van der Waals surface area contributed by atoms with Gasteiger partial charge in [0.1, 0.15) is 0 Å². The lowest BCUT2D eigenvalue weighted by atomic mass is 10.1. The molecule has 0 unspecified atom stereocenters. The summed E-state index contributed by atoms with van der Waals surface area (Å²) in [4.78, 5) is 20.8. The molecule has 4 aromatic heterocycles. The number of nitrogens with zero attached hydrogens (tertiary/aromatic N) is 5. The van der Waals surface area contributed by atoms with Gasteiger partial charge < -0.3 is 10.3 Å². The summed E-state index contributed by atoms with van der Waals surface area (Å²) in [5.41, 5.74) is 5.32. The zero-order valence-corrected chi connectivity index (χ0v) is 17.4. The maximum absolute atomic E-state index is 12.6. The lowest BCUT2D eigenvalue weighted by molar-refractivity contribution is 0.102. The highest BCUT2D eigenvalue weighted by molar-refractivity contribution is 7.13. The van der Waals surface area contributed by atoms with Gasteiger partial charge in [-0.25, -0.2) is 4.98 Å². The van der Waals surface area contributed by atoms with Crippen LogP contribution in [-0.2, 0) is 0 Å². The second-order valence-corrected chi connectivity index (χ2v) is 8.10. The van der Waals surface area contributed by atoms with E-state index in [1.165, 1.54) is 0 Å². The van der Waals surface area contributed by atoms with Crippen molar-refractivity contribution in [2.24, 2.45) is 0 Å². The summed E-state index contributed by atoms with van der Waals surface area (Å²) in [6, 6.07) is 20.7. The van der Waals surface area contributed by atoms with E-state index in [2.05, 4.69) is 25.5 Å². The second kappa shape index (κ2) is 7.40. The Kier molecular flexibility index (Phi) is 4.25. The van der Waals surface area contributed by atoms with Gasteiger partial charge in [0.05, 0.1) is 27.9 Å². The van der Waals surface area contributed by atoms with E-state index in [0.717, 1.165) is 33.0 Å². The van der Waals surface area contributed by atoms with Crippen LogP contribution in [0.1, 0.15) is 10.4 Å². The number of hydrogen-bond donors (Lipinski definition) is 2. The molecule has 6 rings (SSSR count). The largest absolute Gasteiger partial charge is 0.345 e. The highest BCUT2D eigenvalue weighted by atomic mass is 32.1. The van der Waals surface area contributed by atoms with Crippen molar-refractivity contribution in [3.8, 4) is 22.0 Å². The minimum absolute atomic E-state index is 0.182. The Hall–Kier alpha value is -4.37. The standard InChI is InChI=1S/C23H15N7OS/c31-23(15-5-8-18-19(12-15)25-13-24-18)26-16-6-3-14(4-7-16)17-9-10-21-27-28-22(30(21)29-17)20-2-1-11-32-20/h1-13H,(H,24,25)(H,26,31). The number of carbonyl (C=O) groups excluding carboxylic acids is 1. The number of aromatic nitrogens is 6. The molecule has 1 amide bonds. The number of carbonyl (C=O) groups is 1. The molecule has 0 aliphatic heterocycles. The molecule has 8 nitrogen and oxygen atoms in total. The molecule has 0 aliphatic rings. The average Bonchev–Trinajstić information content (AvgIpc) is 3.58. The summed E-state index contributed by atoms with van der Waals surface area (Å²) >= 11 is 1.59. The molecule has 0 aliphatic carbocycles. The number of nitrogens with one attached hydrogen (secondary N) is 2. The molecular formula is C23H15N7OS. The SMILES string of the molecule is O=C(Nc1ccc(-c2ccc3nnc(-c4cccs4)n3n2)cc1)c1ccc2nc[nH]c2c1. The van der Waals surface area contributed by atoms with Crippen LogP contribution in [0.5, 0.6) is 0 Å². The first-order valence-electron chi connectivity index (χ1n) is 9.86. The molecule has 4 heterocycles. The van der Waals surface area contributed by atoms with Gasteiger partial charge in [0.25, 0.3) is 5.91 Å². The number of imidazole rings is 1. The van der Waals surface area contributed by atoms with Gasteiger partial charge in [0.15, 0.2) is 11.5 Å². The monoisotopic (exact) mass is 437 g/mol. The maximum Gasteiger partial charge on any atom is 0.255 e. The zero-order valence-electron chi connectivity index (χ0n) is 16.6. The van der Waals surface area contributed by atoms with Crippen molar-refractivity contribution in [3.63, 3.8) is 0 Å². The minimum Gasteiger partial charge on any atom is -0.345 e. The van der Waals surface area contributed by atoms with E-state index in [9.17, 15) is 4.79 Å². The second-order valence-electron chi connectivity index (χ2n) is 7.16. The normalized spacial score (nSPS) is 11.2. The molecule has 0 spiro atoms. The molecular weight excluding hydrogens is 422 g/mol. The van der Waals surface area contributed by atoms with Crippen LogP contribution in [-0.4, -0.2) is 35.7 Å². The number of benzene rings is 2. The van der Waals surface area contributed by atoms with Gasteiger partial charge in [0.2, 0.25) is 0 Å². The van der Waals surface area contributed by atoms with Gasteiger partial charge in [-0.1, -0.05) is 18.2 Å². The third-order valence-corrected chi connectivity index (χ3v) is 5.99. The van der Waals surface area contributed by atoms with Crippen molar-refractivity contribution < 1.29 is 4.79 Å². The van der Waals surface area contributed by atoms with E-state index in [0.29, 0.717) is 16.9 Å². The maximum atomic E-state index is 12.6. The number of amides is 1. The minimum atomic E-state index is -0.182. The van der Waals surface area contributed by atoms with Crippen LogP contribution >= 0.6 is 11.3 Å². The summed E-state index contributed by atoms with van der Waals surface area (Å²) < 4.78 is 1.75. The Morgan fingerprint density at radius 2 is 1.91 bits per heavy atom. The molecule has 32 heavy (non-hydrogen) atoms. The van der Waals surface area contributed by atoms with E-state index >= 15 is 0 Å². The Bertz CT molecular complexity index is 1570. The topological polar surface area (TPSA) is 101 Å². The fraction of sp³-hybridized carbons (Fsp3) is 0. The number of H-pyrrole nitrogens is 1. The molecule has 0 bridgehead atoms. The van der Waals surface area contributed by atoms with Gasteiger partial charge in [0, 0.05) is 16.8 Å². The number of aromatic amines is 1. The van der Waals surface area contributed by atoms with Crippen molar-refractivity contribution in [3.05, 3.63) is 84.0 Å². The number of rotatable bonds is 4. The summed E-state index contributed by atoms with van der Waals surface area (Å²) in [5, 5.41) is 18.1. The van der Waals surface area contributed by atoms with E-state index < -0.39 is 0 Å². The smallest absolute Gasteiger partial charge is 0.255 e. The Morgan fingerprint density at radius 3 is 2.75 bits per heavy atom. The van der Waals surface area contributed by atoms with Crippen LogP contribution in [0.25, 0.3) is 38.6 Å². The van der Waals surface area contributed by atoms with Gasteiger partial charge in [-0.15, -0.1) is 21.5 Å². The fourth-order valence-electron chi connectivity index (χ4n) is 3.51. The van der Waals surface area contributed by atoms with Crippen LogP contribution < -0.4 is 5.32 Å². The predicted octanol–water partition coefficient (Wildman–Crippen LogP) is 4.65. The quantitative estimate of drug-likeness (QED) is 0.418. The summed E-state index contributed by atoms with van der Waals surface area (Å²) in [6.45, 7) is 0. The number of anilines is 1. The van der Waals surface area contributed by atoms with Crippen LogP contribution in [0.3, 0.4) is 0 Å². The average molecular weight is 437 g/mol. The van der Waals surface area contributed by atoms with Gasteiger partial charge in [-0.05, 0) is 53.9 Å². The molecule has 0 fully saturated rings. The van der Waals surface area contributed by atoms with E-state index in [1.807, 2.05) is 60.0 Å². The summed E-state index contributed by atoms with van der Waals surface area (Å²) in [6.07, 6.45) is 1.61. The first-order valence-corrected chi connectivity index (χ1v) is 10.7. The van der Waals surface area contributed by atoms with Crippen LogP contribution in [0, 0.1) is 0 Å². The molecule has 0 radical (unpaired) electrons. The van der Waals surface area contributed by atoms with Gasteiger partial charge in [-0.3, -0.25) is 4.79 Å². The molecule has 6 aromatic rings. The molecule has 0 atom stereocenters. The van der Waals surface area contributed by atoms with Crippen LogP contribution in [0.15, 0.2) is 78.4 Å². The van der Waals surface area contributed by atoms with Crippen molar-refractivity contribution in [2.45, 2.75) is 0 Å². The predicted molar refractivity (Wildman–Crippen MR) is 124 cm³/mol. The fourth-order valence-corrected chi connectivity index (χ4v) is 4.20. The summed E-state index contributed by atoms with van der Waals surface area (Å²) in [7, 11) is 0. The van der Waals surface area contributed by atoms with Gasteiger partial charge in [-0.2, -0.15) is 9.61 Å². The Morgan fingerprint density at radius 1 is 1.00 bits per heavy atom. The van der Waals surface area contributed by atoms with Crippen molar-refractivity contribution in [1.82, 2.24) is 29.8 Å². The highest BCUT2D eigenvalue weighted by Gasteiger charge is 2.12. The number of hydrogen-bond acceptors (Lipinski definition) is 6. The molecule has 2 aromatic carbocycles. The molecule has 9 heteroatoms. The first kappa shape index (κ1) is 18.4. The third-order valence-electron chi connectivity index (χ3n) is 5.13. The van der Waals surface area contributed by atoms with Crippen molar-refractivity contribution in [2.75, 3.05) is 5.32 Å². The lowest BCUT2D eigenvalue weighted by Gasteiger charge is -2.07. The molecule has 0 saturated carbocycles. The van der Waals surface area contributed by atoms with E-state index in [-0.39, 0.29) is 5.91 Å². The molecule has 2 N–H and O–H groups in total. The number of fused-ring (bicyclic) bond motifs is 2. The van der Waals surface area contributed by atoms with Crippen molar-refractivity contribution in [1.29, 1.82) is 0 Å². The van der Waals surface area contributed by atoms with E-state index in [1.54, 1.807) is 34.3 Å². The Balaban J connectivity index is 1.26. The van der Waals surface area contributed by atoms with Crippen LogP contribution in [0.2, 0.25) is 0 Å². The first-order chi connectivity index (χ1) is 15.7. The van der Waals surface area contributed by atoms with Crippen molar-refractivity contribution >= 4 is 39.6 Å². The molecule has 154 valence electrons. The zero-order chi connectivity index (χ0) is 21.5. The van der Waals surface area contributed by atoms with Crippen LogP contribution in [0.4, 0.5) is 5.69 Å². The molecule has 0 saturated heterocycles. The van der Waals surface area contributed by atoms with Gasteiger partial charge >= 0.3 is 0 Å². The number of thiophene rings is 1.